The zero-order chi connectivity index (χ0) is 20.1. The standard InChI is InChI=1S/3C7H12O2.Ce/c3*8-7(9)6-4-2-1-3-5-6;/h3*6H,1-5H2,(H,8,9);/q;;;+3/p-3. The van der Waals surface area contributed by atoms with Crippen LogP contribution in [0.25, 0.3) is 0 Å². The van der Waals surface area contributed by atoms with Crippen molar-refractivity contribution in [1.29, 1.82) is 0 Å². The maximum Gasteiger partial charge on any atom is 3.00 e. The van der Waals surface area contributed by atoms with Crippen molar-refractivity contribution >= 4 is 17.9 Å². The fraction of sp³-hybridized carbons (Fsp3) is 0.857. The van der Waals surface area contributed by atoms with Gasteiger partial charge in [0, 0.05) is 17.9 Å². The van der Waals surface area contributed by atoms with E-state index in [1.165, 1.54) is 19.3 Å². The Bertz CT molecular complexity index is 383. The van der Waals surface area contributed by atoms with Gasteiger partial charge in [-0.05, 0) is 56.3 Å². The summed E-state index contributed by atoms with van der Waals surface area (Å²) in [6.07, 6.45) is 15.0. The second kappa shape index (κ2) is 16.6. The second-order valence-corrected chi connectivity index (χ2v) is 7.96. The summed E-state index contributed by atoms with van der Waals surface area (Å²) < 4.78 is 0. The Kier molecular flexibility index (Phi) is 16.4. The van der Waals surface area contributed by atoms with E-state index in [-0.39, 0.29) is 59.5 Å². The molecule has 0 spiro atoms. The van der Waals surface area contributed by atoms with Crippen molar-refractivity contribution in [2.24, 2.45) is 17.8 Å². The van der Waals surface area contributed by atoms with Crippen molar-refractivity contribution in [3.8, 4) is 0 Å². The van der Waals surface area contributed by atoms with Gasteiger partial charge in [0.15, 0.2) is 0 Å². The minimum absolute atomic E-state index is 0. The number of carboxylic acid groups (broad SMARTS) is 3. The molecular weight excluding hydrogens is 488 g/mol. The molecule has 7 heteroatoms. The first-order chi connectivity index (χ1) is 12.9. The van der Waals surface area contributed by atoms with Gasteiger partial charge < -0.3 is 29.7 Å². The third-order valence-corrected chi connectivity index (χ3v) is 5.82. The topological polar surface area (TPSA) is 120 Å². The molecule has 0 amide bonds. The molecule has 0 aromatic rings. The van der Waals surface area contributed by atoms with Crippen LogP contribution in [0.4, 0.5) is 0 Å². The fourth-order valence-electron chi connectivity index (χ4n) is 4.01. The van der Waals surface area contributed by atoms with Gasteiger partial charge >= 0.3 is 41.7 Å². The van der Waals surface area contributed by atoms with Crippen LogP contribution in [0, 0.1) is 59.5 Å². The number of carboxylic acids is 3. The predicted molar refractivity (Wildman–Crippen MR) is 94.7 cm³/mol. The van der Waals surface area contributed by atoms with E-state index in [1.807, 2.05) is 0 Å². The quantitative estimate of drug-likeness (QED) is 0.545. The van der Waals surface area contributed by atoms with Gasteiger partial charge in [-0.1, -0.05) is 57.8 Å². The van der Waals surface area contributed by atoms with E-state index in [4.69, 9.17) is 0 Å². The molecule has 6 nitrogen and oxygen atoms in total. The van der Waals surface area contributed by atoms with Crippen LogP contribution in [-0.4, -0.2) is 17.9 Å². The van der Waals surface area contributed by atoms with Crippen LogP contribution in [0.1, 0.15) is 96.3 Å². The van der Waals surface area contributed by atoms with E-state index in [1.54, 1.807) is 0 Å². The monoisotopic (exact) mass is 521 g/mol. The predicted octanol–water partition coefficient (Wildman–Crippen LogP) is 0.950. The number of rotatable bonds is 3. The fourth-order valence-corrected chi connectivity index (χ4v) is 4.01. The van der Waals surface area contributed by atoms with Crippen LogP contribution in [0.3, 0.4) is 0 Å². The zero-order valence-corrected chi connectivity index (χ0v) is 19.9. The first kappa shape index (κ1) is 27.8. The summed E-state index contributed by atoms with van der Waals surface area (Å²) in [5, 5.41) is 30.7. The molecule has 0 unspecified atom stereocenters. The summed E-state index contributed by atoms with van der Waals surface area (Å²) >= 11 is 0. The molecular formula is C21H33CeO6. The molecule has 0 bridgehead atoms. The number of hydrogen-bond donors (Lipinski definition) is 0. The minimum atomic E-state index is -0.852. The van der Waals surface area contributed by atoms with E-state index >= 15 is 0 Å². The van der Waals surface area contributed by atoms with Gasteiger partial charge in [-0.15, -0.1) is 0 Å². The molecule has 1 radical (unpaired) electrons. The Morgan fingerprint density at radius 2 is 0.607 bits per heavy atom. The Morgan fingerprint density at radius 3 is 0.714 bits per heavy atom. The summed E-state index contributed by atoms with van der Waals surface area (Å²) in [7, 11) is 0. The smallest absolute Gasteiger partial charge is 0.550 e. The zero-order valence-electron chi connectivity index (χ0n) is 16.8. The number of aliphatic carboxylic acids is 3. The Morgan fingerprint density at radius 1 is 0.429 bits per heavy atom. The minimum Gasteiger partial charge on any atom is -0.550 e. The summed E-state index contributed by atoms with van der Waals surface area (Å²) in [6.45, 7) is 0. The van der Waals surface area contributed by atoms with E-state index in [9.17, 15) is 29.7 Å². The SMILES string of the molecule is O=C([O-])C1CCCCC1.O=C([O-])C1CCCCC1.O=C([O-])C1CCCCC1.[Ce+3]. The van der Waals surface area contributed by atoms with Gasteiger partial charge in [0.2, 0.25) is 0 Å². The van der Waals surface area contributed by atoms with E-state index in [2.05, 4.69) is 0 Å². The first-order valence-corrected chi connectivity index (χ1v) is 10.5. The maximum atomic E-state index is 10.2. The molecule has 3 saturated carbocycles. The third kappa shape index (κ3) is 12.4. The summed E-state index contributed by atoms with van der Waals surface area (Å²) in [6, 6.07) is 0. The van der Waals surface area contributed by atoms with Gasteiger partial charge in [-0.25, -0.2) is 0 Å². The number of hydrogen-bond acceptors (Lipinski definition) is 6. The first-order valence-electron chi connectivity index (χ1n) is 10.5. The Labute approximate surface area is 202 Å². The summed E-state index contributed by atoms with van der Waals surface area (Å²) in [5.41, 5.74) is 0. The second-order valence-electron chi connectivity index (χ2n) is 7.96. The summed E-state index contributed by atoms with van der Waals surface area (Å²) in [4.78, 5) is 30.7. The molecule has 0 N–H and O–H groups in total. The van der Waals surface area contributed by atoms with Crippen molar-refractivity contribution in [3.63, 3.8) is 0 Å². The van der Waals surface area contributed by atoms with Crippen molar-refractivity contribution in [2.75, 3.05) is 0 Å². The molecule has 0 aromatic heterocycles. The average Bonchev–Trinajstić information content (AvgIpc) is 2.71. The van der Waals surface area contributed by atoms with Gasteiger partial charge in [-0.2, -0.15) is 0 Å². The molecule has 3 fully saturated rings. The molecule has 28 heavy (non-hydrogen) atoms. The molecule has 0 aromatic carbocycles. The Balaban J connectivity index is 0.000000384. The average molecular weight is 522 g/mol. The largest absolute Gasteiger partial charge is 3.00 e. The van der Waals surface area contributed by atoms with Crippen molar-refractivity contribution < 1.29 is 71.5 Å². The summed E-state index contributed by atoms with van der Waals surface area (Å²) in [5.74, 6) is -2.98. The third-order valence-electron chi connectivity index (χ3n) is 5.82. The van der Waals surface area contributed by atoms with Crippen LogP contribution in [-0.2, 0) is 14.4 Å². The molecule has 0 saturated heterocycles. The van der Waals surface area contributed by atoms with E-state index in [0.717, 1.165) is 77.0 Å². The van der Waals surface area contributed by atoms with Crippen LogP contribution < -0.4 is 15.3 Å². The van der Waals surface area contributed by atoms with Crippen molar-refractivity contribution in [3.05, 3.63) is 0 Å². The van der Waals surface area contributed by atoms with Crippen LogP contribution >= 0.6 is 0 Å². The molecule has 3 aliphatic carbocycles. The molecule has 0 heterocycles. The molecule has 0 atom stereocenters. The molecule has 3 aliphatic rings. The van der Waals surface area contributed by atoms with Crippen molar-refractivity contribution in [1.82, 2.24) is 0 Å². The molecule has 157 valence electrons. The van der Waals surface area contributed by atoms with Gasteiger partial charge in [0.1, 0.15) is 0 Å². The Hall–Kier alpha value is -0.213. The van der Waals surface area contributed by atoms with Crippen LogP contribution in [0.2, 0.25) is 0 Å². The molecule has 3 rings (SSSR count). The van der Waals surface area contributed by atoms with Gasteiger partial charge in [0.25, 0.3) is 0 Å². The van der Waals surface area contributed by atoms with Crippen LogP contribution in [0.15, 0.2) is 0 Å². The van der Waals surface area contributed by atoms with Crippen molar-refractivity contribution in [2.45, 2.75) is 96.3 Å². The normalized spacial score (nSPS) is 21.0. The maximum absolute atomic E-state index is 10.2. The van der Waals surface area contributed by atoms with Gasteiger partial charge in [-0.3, -0.25) is 0 Å². The molecule has 0 aliphatic heterocycles. The van der Waals surface area contributed by atoms with Crippen LogP contribution in [0.5, 0.6) is 0 Å². The number of carbonyl (C=O) groups is 3. The number of carbonyl (C=O) groups excluding carboxylic acids is 3. The van der Waals surface area contributed by atoms with E-state index < -0.39 is 17.9 Å². The van der Waals surface area contributed by atoms with E-state index in [0.29, 0.717) is 0 Å². The van der Waals surface area contributed by atoms with Gasteiger partial charge in [0.05, 0.1) is 0 Å².